The molecule has 0 spiro atoms. The lowest BCUT2D eigenvalue weighted by atomic mass is 10.3. The zero-order chi connectivity index (χ0) is 13.5. The molecule has 0 fully saturated rings. The molecule has 0 amide bonds. The van der Waals surface area contributed by atoms with Crippen LogP contribution in [-0.2, 0) is 0 Å². The maximum Gasteiger partial charge on any atom is 0.292 e. The van der Waals surface area contributed by atoms with E-state index in [1.54, 1.807) is 23.9 Å². The Bertz CT molecular complexity index is 408. The lowest BCUT2D eigenvalue weighted by molar-refractivity contribution is -0.383. The Morgan fingerprint density at radius 2 is 2.06 bits per heavy atom. The van der Waals surface area contributed by atoms with E-state index in [1.807, 2.05) is 0 Å². The maximum absolute atomic E-state index is 10.6. The maximum atomic E-state index is 10.6. The van der Waals surface area contributed by atoms with Crippen molar-refractivity contribution in [3.63, 3.8) is 0 Å². The van der Waals surface area contributed by atoms with Crippen molar-refractivity contribution in [2.75, 3.05) is 31.1 Å². The summed E-state index contributed by atoms with van der Waals surface area (Å²) in [4.78, 5) is 13.5. The Labute approximate surface area is 111 Å². The van der Waals surface area contributed by atoms with Crippen LogP contribution < -0.4 is 5.73 Å². The third kappa shape index (κ3) is 4.19. The predicted octanol–water partition coefficient (Wildman–Crippen LogP) is 2.61. The van der Waals surface area contributed by atoms with Crippen LogP contribution in [0.4, 0.5) is 11.4 Å². The van der Waals surface area contributed by atoms with Crippen molar-refractivity contribution in [3.05, 3.63) is 28.3 Å². The summed E-state index contributed by atoms with van der Waals surface area (Å²) in [6.07, 6.45) is 0. The first-order valence-corrected chi connectivity index (χ1v) is 6.96. The van der Waals surface area contributed by atoms with Crippen molar-refractivity contribution in [1.29, 1.82) is 0 Å². The summed E-state index contributed by atoms with van der Waals surface area (Å²) in [6.45, 7) is 7.36. The van der Waals surface area contributed by atoms with Gasteiger partial charge in [-0.2, -0.15) is 0 Å². The largest absolute Gasteiger partial charge is 0.393 e. The topological polar surface area (TPSA) is 72.4 Å². The van der Waals surface area contributed by atoms with Gasteiger partial charge in [0.1, 0.15) is 5.69 Å². The lowest BCUT2D eigenvalue weighted by Crippen LogP contribution is -2.25. The van der Waals surface area contributed by atoms with Gasteiger partial charge in [-0.15, -0.1) is 11.8 Å². The van der Waals surface area contributed by atoms with Gasteiger partial charge in [0, 0.05) is 23.3 Å². The van der Waals surface area contributed by atoms with E-state index in [0.29, 0.717) is 0 Å². The van der Waals surface area contributed by atoms with Gasteiger partial charge in [-0.25, -0.2) is 0 Å². The quantitative estimate of drug-likeness (QED) is 0.356. The summed E-state index contributed by atoms with van der Waals surface area (Å²) in [5.74, 6) is 0.957. The third-order valence-corrected chi connectivity index (χ3v) is 3.74. The smallest absolute Gasteiger partial charge is 0.292 e. The number of nitrogens with zero attached hydrogens (tertiary/aromatic N) is 2. The predicted molar refractivity (Wildman–Crippen MR) is 76.0 cm³/mol. The Balaban J connectivity index is 2.53. The lowest BCUT2D eigenvalue weighted by Gasteiger charge is -2.17. The molecular formula is C12H19N3O2S. The molecular weight excluding hydrogens is 250 g/mol. The van der Waals surface area contributed by atoms with Crippen molar-refractivity contribution in [2.24, 2.45) is 0 Å². The summed E-state index contributed by atoms with van der Waals surface area (Å²) in [6, 6.07) is 4.89. The highest BCUT2D eigenvalue weighted by Gasteiger charge is 2.11. The fourth-order valence-corrected chi connectivity index (χ4v) is 2.58. The van der Waals surface area contributed by atoms with Crippen LogP contribution in [-0.4, -0.2) is 35.2 Å². The van der Waals surface area contributed by atoms with Gasteiger partial charge in [-0.1, -0.05) is 13.8 Å². The molecule has 0 aliphatic carbocycles. The van der Waals surface area contributed by atoms with E-state index >= 15 is 0 Å². The molecule has 0 saturated heterocycles. The number of nitro benzene ring substituents is 1. The molecule has 1 rings (SSSR count). The van der Waals surface area contributed by atoms with E-state index in [2.05, 4.69) is 18.7 Å². The number of hydrogen-bond donors (Lipinski definition) is 1. The first-order valence-electron chi connectivity index (χ1n) is 5.97. The van der Waals surface area contributed by atoms with Crippen molar-refractivity contribution in [1.82, 2.24) is 4.90 Å². The molecule has 0 saturated carbocycles. The second-order valence-electron chi connectivity index (χ2n) is 3.85. The molecule has 0 bridgehead atoms. The van der Waals surface area contributed by atoms with Crippen LogP contribution in [0.1, 0.15) is 13.8 Å². The Hall–Kier alpha value is -1.27. The molecule has 18 heavy (non-hydrogen) atoms. The number of benzene rings is 1. The SMILES string of the molecule is CCN(CC)CCSc1ccc([N+](=O)[O-])c(N)c1. The zero-order valence-corrected chi connectivity index (χ0v) is 11.6. The Morgan fingerprint density at radius 1 is 1.39 bits per heavy atom. The number of anilines is 1. The number of rotatable bonds is 7. The summed E-state index contributed by atoms with van der Waals surface area (Å²) in [5, 5.41) is 10.6. The van der Waals surface area contributed by atoms with Gasteiger partial charge < -0.3 is 10.6 Å². The highest BCUT2D eigenvalue weighted by Crippen LogP contribution is 2.27. The summed E-state index contributed by atoms with van der Waals surface area (Å²) in [7, 11) is 0. The second-order valence-corrected chi connectivity index (χ2v) is 5.02. The first-order chi connectivity index (χ1) is 8.58. The van der Waals surface area contributed by atoms with Crippen LogP contribution in [0, 0.1) is 10.1 Å². The highest BCUT2D eigenvalue weighted by atomic mass is 32.2. The van der Waals surface area contributed by atoms with E-state index in [-0.39, 0.29) is 11.4 Å². The van der Waals surface area contributed by atoms with Crippen LogP contribution in [0.2, 0.25) is 0 Å². The van der Waals surface area contributed by atoms with Gasteiger partial charge in [0.2, 0.25) is 0 Å². The molecule has 1 aromatic rings. The molecule has 0 aliphatic rings. The van der Waals surface area contributed by atoms with Gasteiger partial charge >= 0.3 is 0 Å². The molecule has 0 aliphatic heterocycles. The van der Waals surface area contributed by atoms with Crippen LogP contribution in [0.15, 0.2) is 23.1 Å². The number of hydrogen-bond acceptors (Lipinski definition) is 5. The minimum atomic E-state index is -0.459. The highest BCUT2D eigenvalue weighted by molar-refractivity contribution is 7.99. The average molecular weight is 269 g/mol. The van der Waals surface area contributed by atoms with Crippen LogP contribution in [0.3, 0.4) is 0 Å². The number of thioether (sulfide) groups is 1. The van der Waals surface area contributed by atoms with E-state index < -0.39 is 4.92 Å². The van der Waals surface area contributed by atoms with Gasteiger partial charge in [-0.3, -0.25) is 10.1 Å². The van der Waals surface area contributed by atoms with E-state index in [1.165, 1.54) is 6.07 Å². The molecule has 5 nitrogen and oxygen atoms in total. The normalized spacial score (nSPS) is 10.8. The van der Waals surface area contributed by atoms with Crippen LogP contribution >= 0.6 is 11.8 Å². The molecule has 0 aromatic heterocycles. The fourth-order valence-electron chi connectivity index (χ4n) is 1.62. The standard InChI is InChI=1S/C12H19N3O2S/c1-3-14(4-2)7-8-18-10-5-6-12(15(16)17)11(13)9-10/h5-6,9H,3-4,7-8,13H2,1-2H3. The minimum absolute atomic E-state index is 0.0249. The minimum Gasteiger partial charge on any atom is -0.393 e. The molecule has 0 unspecified atom stereocenters. The first kappa shape index (κ1) is 14.8. The molecule has 0 radical (unpaired) electrons. The third-order valence-electron chi connectivity index (χ3n) is 2.77. The molecule has 100 valence electrons. The monoisotopic (exact) mass is 269 g/mol. The number of nitrogen functional groups attached to an aromatic ring is 1. The molecule has 1 aromatic carbocycles. The molecule has 2 N–H and O–H groups in total. The summed E-state index contributed by atoms with van der Waals surface area (Å²) in [5.41, 5.74) is 5.85. The summed E-state index contributed by atoms with van der Waals surface area (Å²) < 4.78 is 0. The van der Waals surface area contributed by atoms with Crippen molar-refractivity contribution < 1.29 is 4.92 Å². The fraction of sp³-hybridized carbons (Fsp3) is 0.500. The Kier molecular flexibility index (Phi) is 5.94. The molecule has 0 atom stereocenters. The van der Waals surface area contributed by atoms with E-state index in [4.69, 9.17) is 5.73 Å². The molecule has 0 heterocycles. The van der Waals surface area contributed by atoms with Gasteiger partial charge in [0.05, 0.1) is 4.92 Å². The van der Waals surface area contributed by atoms with Crippen LogP contribution in [0.25, 0.3) is 0 Å². The second kappa shape index (κ2) is 7.23. The number of nitrogens with two attached hydrogens (primary N) is 1. The van der Waals surface area contributed by atoms with E-state index in [9.17, 15) is 10.1 Å². The van der Waals surface area contributed by atoms with Crippen molar-refractivity contribution in [3.8, 4) is 0 Å². The van der Waals surface area contributed by atoms with Gasteiger partial charge in [0.15, 0.2) is 0 Å². The zero-order valence-electron chi connectivity index (χ0n) is 10.8. The van der Waals surface area contributed by atoms with E-state index in [0.717, 1.165) is 30.3 Å². The van der Waals surface area contributed by atoms with Crippen LogP contribution in [0.5, 0.6) is 0 Å². The number of nitro groups is 1. The van der Waals surface area contributed by atoms with Gasteiger partial charge in [-0.05, 0) is 25.2 Å². The molecule has 6 heteroatoms. The van der Waals surface area contributed by atoms with Crippen molar-refractivity contribution >= 4 is 23.1 Å². The van der Waals surface area contributed by atoms with Gasteiger partial charge in [0.25, 0.3) is 5.69 Å². The Morgan fingerprint density at radius 3 is 2.56 bits per heavy atom. The van der Waals surface area contributed by atoms with Crippen molar-refractivity contribution in [2.45, 2.75) is 18.7 Å². The average Bonchev–Trinajstić information content (AvgIpc) is 2.34. The summed E-state index contributed by atoms with van der Waals surface area (Å²) >= 11 is 1.67.